The molecule has 0 unspecified atom stereocenters. The largest absolute Gasteiger partial charge is 0.465 e. The van der Waals surface area contributed by atoms with Gasteiger partial charge >= 0.3 is 5.97 Å². The second-order valence-corrected chi connectivity index (χ2v) is 4.57. The molecule has 0 bridgehead atoms. The molecule has 0 saturated heterocycles. The van der Waals surface area contributed by atoms with E-state index in [4.69, 9.17) is 0 Å². The highest BCUT2D eigenvalue weighted by Crippen LogP contribution is 2.47. The molecular formula is C10H13NO2S. The first-order valence-corrected chi connectivity index (χ1v) is 5.41. The molecule has 1 heterocycles. The van der Waals surface area contributed by atoms with Crippen molar-refractivity contribution in [2.75, 3.05) is 14.2 Å². The fourth-order valence-corrected chi connectivity index (χ4v) is 2.73. The van der Waals surface area contributed by atoms with Gasteiger partial charge in [0.1, 0.15) is 4.88 Å². The summed E-state index contributed by atoms with van der Waals surface area (Å²) in [6, 6.07) is 3.85. The van der Waals surface area contributed by atoms with E-state index in [1.165, 1.54) is 23.3 Å². The Hall–Kier alpha value is -0.870. The lowest BCUT2D eigenvalue weighted by molar-refractivity contribution is 0.0606. The molecule has 0 aromatic carbocycles. The van der Waals surface area contributed by atoms with Crippen LogP contribution < -0.4 is 5.32 Å². The van der Waals surface area contributed by atoms with Crippen LogP contribution in [0.25, 0.3) is 0 Å². The van der Waals surface area contributed by atoms with E-state index >= 15 is 0 Å². The SMILES string of the molecule is CNC1(c2ccc(C(=O)OC)s2)CC1. The van der Waals surface area contributed by atoms with Crippen molar-refractivity contribution in [2.45, 2.75) is 18.4 Å². The zero-order valence-electron chi connectivity index (χ0n) is 8.29. The summed E-state index contributed by atoms with van der Waals surface area (Å²) < 4.78 is 4.67. The molecule has 1 N–H and O–H groups in total. The van der Waals surface area contributed by atoms with Crippen LogP contribution in [-0.4, -0.2) is 20.1 Å². The number of hydrogen-bond acceptors (Lipinski definition) is 4. The third-order valence-corrected chi connectivity index (χ3v) is 3.96. The predicted octanol–water partition coefficient (Wildman–Crippen LogP) is 1.74. The van der Waals surface area contributed by atoms with Crippen LogP contribution in [-0.2, 0) is 10.3 Å². The van der Waals surface area contributed by atoms with Crippen LogP contribution in [0.5, 0.6) is 0 Å². The van der Waals surface area contributed by atoms with Gasteiger partial charge < -0.3 is 10.1 Å². The fourth-order valence-electron chi connectivity index (χ4n) is 1.55. The van der Waals surface area contributed by atoms with Crippen molar-refractivity contribution in [3.63, 3.8) is 0 Å². The van der Waals surface area contributed by atoms with Crippen molar-refractivity contribution in [2.24, 2.45) is 0 Å². The van der Waals surface area contributed by atoms with E-state index in [-0.39, 0.29) is 11.5 Å². The van der Waals surface area contributed by atoms with Gasteiger partial charge in [0, 0.05) is 4.88 Å². The van der Waals surface area contributed by atoms with E-state index in [9.17, 15) is 4.79 Å². The minimum absolute atomic E-state index is 0.150. The first-order valence-electron chi connectivity index (χ1n) is 4.59. The number of ether oxygens (including phenoxy) is 1. The Bertz CT molecular complexity index is 355. The molecule has 1 aliphatic rings. The number of carbonyl (C=O) groups excluding carboxylic acids is 1. The Kier molecular flexibility index (Phi) is 2.33. The van der Waals surface area contributed by atoms with Crippen LogP contribution in [0.4, 0.5) is 0 Å². The predicted molar refractivity (Wildman–Crippen MR) is 55.6 cm³/mol. The lowest BCUT2D eigenvalue weighted by Gasteiger charge is -2.10. The Balaban J connectivity index is 2.22. The van der Waals surface area contributed by atoms with E-state index in [0.29, 0.717) is 4.88 Å². The van der Waals surface area contributed by atoms with Gasteiger partial charge in [0.05, 0.1) is 12.6 Å². The summed E-state index contributed by atoms with van der Waals surface area (Å²) >= 11 is 1.52. The zero-order chi connectivity index (χ0) is 10.2. The quantitative estimate of drug-likeness (QED) is 0.774. The van der Waals surface area contributed by atoms with Crippen molar-refractivity contribution in [3.05, 3.63) is 21.9 Å². The Morgan fingerprint density at radius 1 is 1.57 bits per heavy atom. The highest BCUT2D eigenvalue weighted by molar-refractivity contribution is 7.14. The summed E-state index contributed by atoms with van der Waals surface area (Å²) in [7, 11) is 3.37. The van der Waals surface area contributed by atoms with Gasteiger partial charge in [-0.05, 0) is 32.0 Å². The molecule has 0 aliphatic heterocycles. The van der Waals surface area contributed by atoms with E-state index in [0.717, 1.165) is 12.8 Å². The number of nitrogens with one attached hydrogen (secondary N) is 1. The molecule has 1 aromatic rings. The van der Waals surface area contributed by atoms with E-state index in [2.05, 4.69) is 10.1 Å². The standard InChI is InChI=1S/C10H13NO2S/c1-11-10(5-6-10)8-4-3-7(14-8)9(12)13-2/h3-4,11H,5-6H2,1-2H3. The minimum atomic E-state index is -0.242. The van der Waals surface area contributed by atoms with E-state index < -0.39 is 0 Å². The highest BCUT2D eigenvalue weighted by Gasteiger charge is 2.44. The number of carbonyl (C=O) groups is 1. The molecule has 0 radical (unpaired) electrons. The van der Waals surface area contributed by atoms with Gasteiger partial charge in [-0.2, -0.15) is 0 Å². The van der Waals surface area contributed by atoms with Crippen LogP contribution in [0, 0.1) is 0 Å². The van der Waals surface area contributed by atoms with E-state index in [1.807, 2.05) is 19.2 Å². The van der Waals surface area contributed by atoms with Crippen LogP contribution in [0.3, 0.4) is 0 Å². The summed E-state index contributed by atoms with van der Waals surface area (Å²) in [6.45, 7) is 0. The highest BCUT2D eigenvalue weighted by atomic mass is 32.1. The van der Waals surface area contributed by atoms with Gasteiger partial charge in [0.2, 0.25) is 0 Å². The van der Waals surface area contributed by atoms with Crippen LogP contribution in [0.2, 0.25) is 0 Å². The molecule has 1 aromatic heterocycles. The van der Waals surface area contributed by atoms with Crippen LogP contribution in [0.15, 0.2) is 12.1 Å². The molecule has 1 aliphatic carbocycles. The lowest BCUT2D eigenvalue weighted by atomic mass is 10.2. The summed E-state index contributed by atoms with van der Waals surface area (Å²) in [5.41, 5.74) is 0.150. The Morgan fingerprint density at radius 2 is 2.29 bits per heavy atom. The number of esters is 1. The molecule has 76 valence electrons. The number of methoxy groups -OCH3 is 1. The summed E-state index contributed by atoms with van der Waals surface area (Å²) in [6.07, 6.45) is 2.31. The molecule has 2 rings (SSSR count). The van der Waals surface area contributed by atoms with Crippen molar-refractivity contribution in [1.82, 2.24) is 5.32 Å². The van der Waals surface area contributed by atoms with Crippen molar-refractivity contribution in [3.8, 4) is 0 Å². The number of hydrogen-bond donors (Lipinski definition) is 1. The monoisotopic (exact) mass is 211 g/mol. The minimum Gasteiger partial charge on any atom is -0.465 e. The average Bonchev–Trinajstić information content (AvgIpc) is 2.87. The van der Waals surface area contributed by atoms with Crippen LogP contribution in [0.1, 0.15) is 27.4 Å². The van der Waals surface area contributed by atoms with Gasteiger partial charge in [-0.3, -0.25) is 0 Å². The molecular weight excluding hydrogens is 198 g/mol. The first kappa shape index (κ1) is 9.68. The van der Waals surface area contributed by atoms with Gasteiger partial charge in [0.25, 0.3) is 0 Å². The molecule has 0 spiro atoms. The Morgan fingerprint density at radius 3 is 2.79 bits per heavy atom. The van der Waals surface area contributed by atoms with Crippen molar-refractivity contribution in [1.29, 1.82) is 0 Å². The molecule has 4 heteroatoms. The van der Waals surface area contributed by atoms with Gasteiger partial charge in [-0.15, -0.1) is 11.3 Å². The molecule has 14 heavy (non-hydrogen) atoms. The van der Waals surface area contributed by atoms with E-state index in [1.54, 1.807) is 0 Å². The zero-order valence-corrected chi connectivity index (χ0v) is 9.11. The number of rotatable bonds is 3. The maximum Gasteiger partial charge on any atom is 0.348 e. The Labute approximate surface area is 87.1 Å². The van der Waals surface area contributed by atoms with Gasteiger partial charge in [-0.25, -0.2) is 4.79 Å². The second kappa shape index (κ2) is 3.37. The normalized spacial score (nSPS) is 17.9. The van der Waals surface area contributed by atoms with Gasteiger partial charge in [-0.1, -0.05) is 0 Å². The molecule has 1 fully saturated rings. The lowest BCUT2D eigenvalue weighted by Crippen LogP contribution is -2.22. The molecule has 1 saturated carbocycles. The summed E-state index contributed by atoms with van der Waals surface area (Å²) in [4.78, 5) is 13.2. The molecule has 3 nitrogen and oxygen atoms in total. The maximum atomic E-state index is 11.2. The van der Waals surface area contributed by atoms with Gasteiger partial charge in [0.15, 0.2) is 0 Å². The topological polar surface area (TPSA) is 38.3 Å². The fraction of sp³-hybridized carbons (Fsp3) is 0.500. The molecule has 0 atom stereocenters. The summed E-state index contributed by atoms with van der Waals surface area (Å²) in [5, 5.41) is 3.30. The average molecular weight is 211 g/mol. The van der Waals surface area contributed by atoms with Crippen LogP contribution >= 0.6 is 11.3 Å². The van der Waals surface area contributed by atoms with Crippen molar-refractivity contribution >= 4 is 17.3 Å². The van der Waals surface area contributed by atoms with Crippen molar-refractivity contribution < 1.29 is 9.53 Å². The first-order chi connectivity index (χ1) is 6.72. The third kappa shape index (κ3) is 1.44. The summed E-state index contributed by atoms with van der Waals surface area (Å²) in [5.74, 6) is -0.242. The molecule has 0 amide bonds. The number of thiophene rings is 1. The maximum absolute atomic E-state index is 11.2. The smallest absolute Gasteiger partial charge is 0.348 e. The second-order valence-electron chi connectivity index (χ2n) is 3.49. The third-order valence-electron chi connectivity index (χ3n) is 2.69.